The molecule has 1 saturated carbocycles. The van der Waals surface area contributed by atoms with E-state index in [1.54, 1.807) is 0 Å². The largest absolute Gasteiger partial charge is 0.314 e. The zero-order chi connectivity index (χ0) is 13.9. The third-order valence-corrected chi connectivity index (χ3v) is 5.23. The quantitative estimate of drug-likeness (QED) is 0.875. The fourth-order valence-electron chi connectivity index (χ4n) is 4.03. The maximum Gasteiger partial charge on any atom is 0.0294 e. The van der Waals surface area contributed by atoms with E-state index in [4.69, 9.17) is 0 Å². The first-order chi connectivity index (χ1) is 9.74. The molecule has 20 heavy (non-hydrogen) atoms. The van der Waals surface area contributed by atoms with Gasteiger partial charge in [-0.1, -0.05) is 36.2 Å². The monoisotopic (exact) mass is 272 g/mol. The summed E-state index contributed by atoms with van der Waals surface area (Å²) in [7, 11) is 0. The Hall–Kier alpha value is -0.860. The lowest BCUT2D eigenvalue weighted by molar-refractivity contribution is 0.303. The SMILES string of the molecule is Cc1ccc(C(C)NC2CCCC2C2CCCN2)cc1. The van der Waals surface area contributed by atoms with Gasteiger partial charge in [-0.2, -0.15) is 0 Å². The molecule has 4 unspecified atom stereocenters. The molecule has 1 aliphatic carbocycles. The van der Waals surface area contributed by atoms with E-state index in [0.29, 0.717) is 12.1 Å². The molecule has 2 heteroatoms. The predicted octanol–water partition coefficient (Wildman–Crippen LogP) is 3.57. The zero-order valence-electron chi connectivity index (χ0n) is 12.9. The Bertz CT molecular complexity index is 420. The second kappa shape index (κ2) is 6.28. The Morgan fingerprint density at radius 3 is 2.60 bits per heavy atom. The average Bonchev–Trinajstić information content (AvgIpc) is 3.09. The Labute approximate surface area is 123 Å². The van der Waals surface area contributed by atoms with Gasteiger partial charge in [-0.25, -0.2) is 0 Å². The Kier molecular flexibility index (Phi) is 4.42. The summed E-state index contributed by atoms with van der Waals surface area (Å²) < 4.78 is 0. The minimum atomic E-state index is 0.461. The summed E-state index contributed by atoms with van der Waals surface area (Å²) >= 11 is 0. The van der Waals surface area contributed by atoms with E-state index in [1.807, 2.05) is 0 Å². The first kappa shape index (κ1) is 14.1. The van der Waals surface area contributed by atoms with E-state index >= 15 is 0 Å². The maximum absolute atomic E-state index is 3.90. The van der Waals surface area contributed by atoms with Crippen LogP contribution in [0.5, 0.6) is 0 Å². The van der Waals surface area contributed by atoms with Crippen LogP contribution in [0.15, 0.2) is 24.3 Å². The molecule has 4 atom stereocenters. The summed E-state index contributed by atoms with van der Waals surface area (Å²) in [5.41, 5.74) is 2.76. The summed E-state index contributed by atoms with van der Waals surface area (Å²) in [6, 6.07) is 10.9. The predicted molar refractivity (Wildman–Crippen MR) is 84.9 cm³/mol. The molecule has 2 aliphatic rings. The topological polar surface area (TPSA) is 24.1 Å². The molecule has 1 aliphatic heterocycles. The molecule has 0 amide bonds. The van der Waals surface area contributed by atoms with Crippen LogP contribution in [0.2, 0.25) is 0 Å². The van der Waals surface area contributed by atoms with Crippen LogP contribution in [0.4, 0.5) is 0 Å². The molecular formula is C18H28N2. The molecule has 110 valence electrons. The van der Waals surface area contributed by atoms with Gasteiger partial charge < -0.3 is 10.6 Å². The molecule has 0 aromatic heterocycles. The minimum Gasteiger partial charge on any atom is -0.314 e. The highest BCUT2D eigenvalue weighted by Crippen LogP contribution is 2.33. The van der Waals surface area contributed by atoms with Gasteiger partial charge in [-0.15, -0.1) is 0 Å². The van der Waals surface area contributed by atoms with Crippen LogP contribution in [0, 0.1) is 12.8 Å². The number of hydrogen-bond donors (Lipinski definition) is 2. The van der Waals surface area contributed by atoms with Crippen LogP contribution in [0.1, 0.15) is 56.2 Å². The van der Waals surface area contributed by atoms with Crippen LogP contribution in [0.3, 0.4) is 0 Å². The van der Waals surface area contributed by atoms with Gasteiger partial charge >= 0.3 is 0 Å². The smallest absolute Gasteiger partial charge is 0.0294 e. The molecule has 2 fully saturated rings. The standard InChI is InChI=1S/C18H28N2/c1-13-8-10-15(11-9-13)14(2)20-18-6-3-5-16(18)17-7-4-12-19-17/h8-11,14,16-20H,3-7,12H2,1-2H3. The van der Waals surface area contributed by atoms with Crippen LogP contribution in [0.25, 0.3) is 0 Å². The number of aryl methyl sites for hydroxylation is 1. The van der Waals surface area contributed by atoms with Gasteiger partial charge in [-0.05, 0) is 57.6 Å². The first-order valence-electron chi connectivity index (χ1n) is 8.30. The number of nitrogens with one attached hydrogen (secondary N) is 2. The van der Waals surface area contributed by atoms with Gasteiger partial charge in [0.2, 0.25) is 0 Å². The van der Waals surface area contributed by atoms with Crippen molar-refractivity contribution < 1.29 is 0 Å². The van der Waals surface area contributed by atoms with Gasteiger partial charge in [0.25, 0.3) is 0 Å². The molecule has 1 heterocycles. The van der Waals surface area contributed by atoms with E-state index in [1.165, 1.54) is 49.8 Å². The van der Waals surface area contributed by atoms with E-state index in [2.05, 4.69) is 48.7 Å². The van der Waals surface area contributed by atoms with E-state index < -0.39 is 0 Å². The lowest BCUT2D eigenvalue weighted by Gasteiger charge is -2.29. The Morgan fingerprint density at radius 2 is 1.90 bits per heavy atom. The van der Waals surface area contributed by atoms with Crippen molar-refractivity contribution in [1.29, 1.82) is 0 Å². The molecule has 1 aromatic rings. The number of rotatable bonds is 4. The second-order valence-electron chi connectivity index (χ2n) is 6.70. The van der Waals surface area contributed by atoms with Gasteiger partial charge in [0.1, 0.15) is 0 Å². The molecule has 2 N–H and O–H groups in total. The van der Waals surface area contributed by atoms with Crippen LogP contribution >= 0.6 is 0 Å². The number of benzene rings is 1. The van der Waals surface area contributed by atoms with Crippen molar-refractivity contribution in [1.82, 2.24) is 10.6 Å². The molecule has 1 saturated heterocycles. The van der Waals surface area contributed by atoms with Crippen molar-refractivity contribution in [2.75, 3.05) is 6.54 Å². The lowest BCUT2D eigenvalue weighted by atomic mass is 9.92. The fourth-order valence-corrected chi connectivity index (χ4v) is 4.03. The molecular weight excluding hydrogens is 244 g/mol. The normalized spacial score (nSPS) is 31.6. The Morgan fingerprint density at radius 1 is 1.10 bits per heavy atom. The fraction of sp³-hybridized carbons (Fsp3) is 0.667. The molecule has 0 bridgehead atoms. The highest BCUT2D eigenvalue weighted by Gasteiger charge is 2.35. The molecule has 2 nitrogen and oxygen atoms in total. The summed E-state index contributed by atoms with van der Waals surface area (Å²) in [5.74, 6) is 0.838. The summed E-state index contributed by atoms with van der Waals surface area (Å²) in [6.07, 6.45) is 6.87. The summed E-state index contributed by atoms with van der Waals surface area (Å²) in [4.78, 5) is 0. The van der Waals surface area contributed by atoms with Crippen molar-refractivity contribution >= 4 is 0 Å². The van der Waals surface area contributed by atoms with Gasteiger partial charge in [-0.3, -0.25) is 0 Å². The molecule has 0 radical (unpaired) electrons. The van der Waals surface area contributed by atoms with Crippen molar-refractivity contribution in [3.63, 3.8) is 0 Å². The van der Waals surface area contributed by atoms with Crippen molar-refractivity contribution in [2.45, 2.75) is 64.1 Å². The highest BCUT2D eigenvalue weighted by molar-refractivity contribution is 5.23. The minimum absolute atomic E-state index is 0.461. The van der Waals surface area contributed by atoms with Crippen LogP contribution in [-0.2, 0) is 0 Å². The molecule has 0 spiro atoms. The van der Waals surface area contributed by atoms with Crippen LogP contribution < -0.4 is 10.6 Å². The third-order valence-electron chi connectivity index (χ3n) is 5.23. The van der Waals surface area contributed by atoms with E-state index in [0.717, 1.165) is 12.0 Å². The summed E-state index contributed by atoms with van der Waals surface area (Å²) in [5, 5.41) is 7.61. The summed E-state index contributed by atoms with van der Waals surface area (Å²) in [6.45, 7) is 5.68. The van der Waals surface area contributed by atoms with Crippen molar-refractivity contribution in [3.8, 4) is 0 Å². The van der Waals surface area contributed by atoms with Crippen molar-refractivity contribution in [2.24, 2.45) is 5.92 Å². The highest BCUT2D eigenvalue weighted by atomic mass is 15.0. The first-order valence-corrected chi connectivity index (χ1v) is 8.30. The van der Waals surface area contributed by atoms with E-state index in [9.17, 15) is 0 Å². The second-order valence-corrected chi connectivity index (χ2v) is 6.70. The molecule has 1 aromatic carbocycles. The third kappa shape index (κ3) is 3.07. The molecule has 3 rings (SSSR count). The Balaban J connectivity index is 1.62. The maximum atomic E-state index is 3.90. The van der Waals surface area contributed by atoms with Gasteiger partial charge in [0, 0.05) is 18.1 Å². The van der Waals surface area contributed by atoms with Gasteiger partial charge in [0.15, 0.2) is 0 Å². The van der Waals surface area contributed by atoms with E-state index in [-0.39, 0.29) is 0 Å². The van der Waals surface area contributed by atoms with Crippen molar-refractivity contribution in [3.05, 3.63) is 35.4 Å². The van der Waals surface area contributed by atoms with Gasteiger partial charge in [0.05, 0.1) is 0 Å². The zero-order valence-corrected chi connectivity index (χ0v) is 12.9. The average molecular weight is 272 g/mol. The lowest BCUT2D eigenvalue weighted by Crippen LogP contribution is -2.42. The van der Waals surface area contributed by atoms with Crippen LogP contribution in [-0.4, -0.2) is 18.6 Å². The number of hydrogen-bond acceptors (Lipinski definition) is 2.